The number of hydrogen-bond donors (Lipinski definition) is 2. The van der Waals surface area contributed by atoms with Gasteiger partial charge in [-0.25, -0.2) is 4.79 Å². The van der Waals surface area contributed by atoms with Gasteiger partial charge in [0.15, 0.2) is 0 Å². The van der Waals surface area contributed by atoms with E-state index in [9.17, 15) is 18.0 Å². The number of carbonyl (C=O) groups is 1. The highest BCUT2D eigenvalue weighted by molar-refractivity contribution is 8.06. The summed E-state index contributed by atoms with van der Waals surface area (Å²) in [6.45, 7) is 0.456. The first-order chi connectivity index (χ1) is 9.97. The number of hydrogen-bond acceptors (Lipinski definition) is 3. The van der Waals surface area contributed by atoms with Crippen LogP contribution >= 0.6 is 23.5 Å². The molecule has 1 saturated heterocycles. The molecular weight excluding hydrogens is 321 g/mol. The molecule has 116 valence electrons. The summed E-state index contributed by atoms with van der Waals surface area (Å²) in [6, 6.07) is 4.33. The molecule has 0 radical (unpaired) electrons. The van der Waals surface area contributed by atoms with E-state index in [0.29, 0.717) is 11.8 Å². The number of urea groups is 1. The number of anilines is 1. The highest BCUT2D eigenvalue weighted by Gasteiger charge is 2.33. The molecule has 1 aliphatic rings. The minimum absolute atomic E-state index is 0.229. The number of thioether (sulfide) groups is 2. The van der Waals surface area contributed by atoms with Crippen LogP contribution in [-0.4, -0.2) is 35.1 Å². The Balaban J connectivity index is 1.90. The smallest absolute Gasteiger partial charge is 0.337 e. The maximum absolute atomic E-state index is 12.8. The Hall–Kier alpha value is -1.02. The van der Waals surface area contributed by atoms with Crippen molar-refractivity contribution in [3.05, 3.63) is 29.8 Å². The molecule has 1 aromatic carbocycles. The highest BCUT2D eigenvalue weighted by atomic mass is 32.2. The lowest BCUT2D eigenvalue weighted by Gasteiger charge is -2.21. The van der Waals surface area contributed by atoms with Crippen LogP contribution in [0.25, 0.3) is 0 Å². The summed E-state index contributed by atoms with van der Waals surface area (Å²) in [5.41, 5.74) is -1.07. The molecule has 1 fully saturated rings. The van der Waals surface area contributed by atoms with Crippen LogP contribution in [0.2, 0.25) is 0 Å². The van der Waals surface area contributed by atoms with Crippen molar-refractivity contribution in [2.45, 2.75) is 11.4 Å². The van der Waals surface area contributed by atoms with Crippen LogP contribution in [0.5, 0.6) is 0 Å². The van der Waals surface area contributed by atoms with E-state index < -0.39 is 17.8 Å². The zero-order valence-electron chi connectivity index (χ0n) is 11.1. The Labute approximate surface area is 129 Å². The number of alkyl halides is 3. The molecular formula is C13H15F3N2OS2. The van der Waals surface area contributed by atoms with Crippen molar-refractivity contribution in [1.29, 1.82) is 0 Å². The van der Waals surface area contributed by atoms with Crippen LogP contribution in [-0.2, 0) is 6.18 Å². The van der Waals surface area contributed by atoms with E-state index in [-0.39, 0.29) is 5.69 Å². The van der Waals surface area contributed by atoms with Gasteiger partial charge >= 0.3 is 12.2 Å². The van der Waals surface area contributed by atoms with E-state index in [0.717, 1.165) is 23.3 Å². The van der Waals surface area contributed by atoms with E-state index in [4.69, 9.17) is 0 Å². The molecule has 0 saturated carbocycles. The molecule has 0 aliphatic carbocycles. The standard InChI is InChI=1S/C13H15F3N2OS2/c14-13(15,16)10-3-1-2-4-11(10)18-12(19)17-7-9-8-20-5-6-21-9/h1-4,9H,5-8H2,(H2,17,18,19)/t9-/m1/s1. The van der Waals surface area contributed by atoms with Crippen LogP contribution in [0.15, 0.2) is 24.3 Å². The van der Waals surface area contributed by atoms with Gasteiger partial charge < -0.3 is 10.6 Å². The SMILES string of the molecule is O=C(NC[C@@H]1CSCCS1)Nc1ccccc1C(F)(F)F. The average Bonchev–Trinajstić information content (AvgIpc) is 2.46. The second kappa shape index (κ2) is 7.31. The third-order valence-electron chi connectivity index (χ3n) is 2.86. The van der Waals surface area contributed by atoms with Crippen molar-refractivity contribution in [3.8, 4) is 0 Å². The number of rotatable bonds is 3. The number of halogens is 3. The Morgan fingerprint density at radius 3 is 2.71 bits per heavy atom. The molecule has 1 atom stereocenters. The molecule has 0 unspecified atom stereocenters. The monoisotopic (exact) mass is 336 g/mol. The number of nitrogens with one attached hydrogen (secondary N) is 2. The van der Waals surface area contributed by atoms with Crippen molar-refractivity contribution < 1.29 is 18.0 Å². The maximum atomic E-state index is 12.8. The molecule has 2 N–H and O–H groups in total. The van der Waals surface area contributed by atoms with Crippen LogP contribution in [0.3, 0.4) is 0 Å². The molecule has 0 bridgehead atoms. The second-order valence-corrected chi connectivity index (χ2v) is 7.00. The maximum Gasteiger partial charge on any atom is 0.418 e. The molecule has 1 heterocycles. The molecule has 0 aromatic heterocycles. The third kappa shape index (κ3) is 5.03. The van der Waals surface area contributed by atoms with Gasteiger partial charge in [-0.3, -0.25) is 0 Å². The van der Waals surface area contributed by atoms with Crippen LogP contribution in [0.1, 0.15) is 5.56 Å². The Morgan fingerprint density at radius 1 is 1.29 bits per heavy atom. The lowest BCUT2D eigenvalue weighted by atomic mass is 10.1. The van der Waals surface area contributed by atoms with Gasteiger partial charge in [-0.05, 0) is 12.1 Å². The Morgan fingerprint density at radius 2 is 2.05 bits per heavy atom. The van der Waals surface area contributed by atoms with Gasteiger partial charge in [0.2, 0.25) is 0 Å². The van der Waals surface area contributed by atoms with E-state index in [1.54, 1.807) is 11.8 Å². The molecule has 8 heteroatoms. The van der Waals surface area contributed by atoms with Crippen molar-refractivity contribution in [3.63, 3.8) is 0 Å². The van der Waals surface area contributed by atoms with Crippen LogP contribution < -0.4 is 10.6 Å². The lowest BCUT2D eigenvalue weighted by molar-refractivity contribution is -0.136. The number of benzene rings is 1. The highest BCUT2D eigenvalue weighted by Crippen LogP contribution is 2.34. The fraction of sp³-hybridized carbons (Fsp3) is 0.462. The van der Waals surface area contributed by atoms with Gasteiger partial charge in [0.05, 0.1) is 11.3 Å². The van der Waals surface area contributed by atoms with Gasteiger partial charge in [-0.2, -0.15) is 36.7 Å². The fourth-order valence-electron chi connectivity index (χ4n) is 1.87. The Bertz CT molecular complexity index is 491. The van der Waals surface area contributed by atoms with Crippen molar-refractivity contribution in [2.75, 3.05) is 29.1 Å². The molecule has 2 rings (SSSR count). The number of amides is 2. The van der Waals surface area contributed by atoms with E-state index in [1.807, 2.05) is 11.8 Å². The summed E-state index contributed by atoms with van der Waals surface area (Å²) in [4.78, 5) is 11.7. The van der Waals surface area contributed by atoms with E-state index in [2.05, 4.69) is 10.6 Å². The lowest BCUT2D eigenvalue weighted by Crippen LogP contribution is -2.36. The normalized spacial score (nSPS) is 19.1. The molecule has 2 amide bonds. The van der Waals surface area contributed by atoms with Gasteiger partial charge in [0.1, 0.15) is 0 Å². The van der Waals surface area contributed by atoms with Crippen molar-refractivity contribution in [2.24, 2.45) is 0 Å². The van der Waals surface area contributed by atoms with Crippen molar-refractivity contribution in [1.82, 2.24) is 5.32 Å². The zero-order valence-corrected chi connectivity index (χ0v) is 12.7. The molecule has 21 heavy (non-hydrogen) atoms. The molecule has 1 aliphatic heterocycles. The number of carbonyl (C=O) groups excluding carboxylic acids is 1. The van der Waals surface area contributed by atoms with Gasteiger partial charge in [0, 0.05) is 29.1 Å². The summed E-state index contributed by atoms with van der Waals surface area (Å²) >= 11 is 3.60. The van der Waals surface area contributed by atoms with E-state index in [1.165, 1.54) is 18.2 Å². The first kappa shape index (κ1) is 16.4. The first-order valence-electron chi connectivity index (χ1n) is 6.37. The van der Waals surface area contributed by atoms with Gasteiger partial charge in [-0.1, -0.05) is 12.1 Å². The molecule has 1 aromatic rings. The largest absolute Gasteiger partial charge is 0.418 e. The van der Waals surface area contributed by atoms with Crippen molar-refractivity contribution >= 4 is 35.2 Å². The minimum Gasteiger partial charge on any atom is -0.337 e. The predicted molar refractivity (Wildman–Crippen MR) is 82.0 cm³/mol. The van der Waals surface area contributed by atoms with Crippen LogP contribution in [0.4, 0.5) is 23.7 Å². The fourth-order valence-corrected chi connectivity index (χ4v) is 4.48. The summed E-state index contributed by atoms with van der Waals surface area (Å²) < 4.78 is 38.4. The number of para-hydroxylation sites is 1. The zero-order chi connectivity index (χ0) is 15.3. The van der Waals surface area contributed by atoms with Crippen LogP contribution in [0, 0.1) is 0 Å². The molecule has 0 spiro atoms. The Kier molecular flexibility index (Phi) is 5.69. The molecule has 3 nitrogen and oxygen atoms in total. The summed E-state index contributed by atoms with van der Waals surface area (Å²) in [5, 5.41) is 5.21. The predicted octanol–water partition coefficient (Wildman–Crippen LogP) is 3.68. The summed E-state index contributed by atoms with van der Waals surface area (Å²) in [5.74, 6) is 3.09. The van der Waals surface area contributed by atoms with Gasteiger partial charge in [-0.15, -0.1) is 0 Å². The topological polar surface area (TPSA) is 41.1 Å². The quantitative estimate of drug-likeness (QED) is 0.885. The first-order valence-corrected chi connectivity index (χ1v) is 8.57. The second-order valence-electron chi connectivity index (χ2n) is 4.45. The van der Waals surface area contributed by atoms with E-state index >= 15 is 0 Å². The average molecular weight is 336 g/mol. The summed E-state index contributed by atoms with van der Waals surface area (Å²) in [6.07, 6.45) is -4.49. The van der Waals surface area contributed by atoms with Gasteiger partial charge in [0.25, 0.3) is 0 Å². The third-order valence-corrected chi connectivity index (χ3v) is 5.70. The minimum atomic E-state index is -4.49. The summed E-state index contributed by atoms with van der Waals surface area (Å²) in [7, 11) is 0.